The number of benzene rings is 2. The standard InChI is InChI=1S/C17H18FNO2/c1-12(7-8-13-5-3-2-4-6-13)19-17(21)15-10-9-14(20)11-16(15)18/h2-6,9-12,20H,7-8H2,1H3,(H,19,21). The van der Waals surface area contributed by atoms with Gasteiger partial charge >= 0.3 is 0 Å². The Morgan fingerprint density at radius 2 is 1.95 bits per heavy atom. The van der Waals surface area contributed by atoms with Gasteiger partial charge < -0.3 is 10.4 Å². The lowest BCUT2D eigenvalue weighted by Crippen LogP contribution is -2.33. The summed E-state index contributed by atoms with van der Waals surface area (Å²) >= 11 is 0. The number of phenolic OH excluding ortho intramolecular Hbond substituents is 1. The van der Waals surface area contributed by atoms with Crippen LogP contribution in [0.3, 0.4) is 0 Å². The minimum absolute atomic E-state index is 0.0561. The second-order valence-corrected chi connectivity index (χ2v) is 5.06. The van der Waals surface area contributed by atoms with Gasteiger partial charge in [-0.15, -0.1) is 0 Å². The van der Waals surface area contributed by atoms with E-state index in [2.05, 4.69) is 5.32 Å². The van der Waals surface area contributed by atoms with Crippen molar-refractivity contribution < 1.29 is 14.3 Å². The quantitative estimate of drug-likeness (QED) is 0.886. The number of aromatic hydroxyl groups is 1. The molecule has 0 spiro atoms. The molecule has 0 aromatic heterocycles. The maximum atomic E-state index is 13.6. The molecular weight excluding hydrogens is 269 g/mol. The van der Waals surface area contributed by atoms with Crippen LogP contribution in [0.1, 0.15) is 29.3 Å². The molecule has 2 rings (SSSR count). The fourth-order valence-electron chi connectivity index (χ4n) is 2.09. The van der Waals surface area contributed by atoms with Crippen molar-refractivity contribution in [3.63, 3.8) is 0 Å². The summed E-state index contributed by atoms with van der Waals surface area (Å²) in [5.41, 5.74) is 1.15. The van der Waals surface area contributed by atoms with Gasteiger partial charge in [-0.2, -0.15) is 0 Å². The number of carbonyl (C=O) groups is 1. The molecule has 4 heteroatoms. The molecular formula is C17H18FNO2. The second-order valence-electron chi connectivity index (χ2n) is 5.06. The van der Waals surface area contributed by atoms with Crippen LogP contribution in [-0.2, 0) is 6.42 Å². The summed E-state index contributed by atoms with van der Waals surface area (Å²) in [6, 6.07) is 13.4. The number of aryl methyl sites for hydroxylation is 1. The molecule has 0 radical (unpaired) electrons. The van der Waals surface area contributed by atoms with Crippen molar-refractivity contribution in [2.75, 3.05) is 0 Å². The summed E-state index contributed by atoms with van der Waals surface area (Å²) in [5.74, 6) is -1.38. The van der Waals surface area contributed by atoms with Gasteiger partial charge in [0.1, 0.15) is 11.6 Å². The van der Waals surface area contributed by atoms with Gasteiger partial charge in [0.25, 0.3) is 5.91 Å². The van der Waals surface area contributed by atoms with E-state index in [1.54, 1.807) is 0 Å². The zero-order valence-electron chi connectivity index (χ0n) is 11.8. The van der Waals surface area contributed by atoms with Crippen LogP contribution < -0.4 is 5.32 Å². The fraction of sp³-hybridized carbons (Fsp3) is 0.235. The zero-order chi connectivity index (χ0) is 15.2. The number of nitrogens with one attached hydrogen (secondary N) is 1. The molecule has 1 amide bonds. The van der Waals surface area contributed by atoms with E-state index in [1.807, 2.05) is 37.3 Å². The molecule has 0 aliphatic carbocycles. The Morgan fingerprint density at radius 3 is 2.62 bits per heavy atom. The van der Waals surface area contributed by atoms with Crippen LogP contribution in [0.2, 0.25) is 0 Å². The first kappa shape index (κ1) is 15.0. The van der Waals surface area contributed by atoms with E-state index in [4.69, 9.17) is 5.11 Å². The molecule has 1 unspecified atom stereocenters. The third-order valence-corrected chi connectivity index (χ3v) is 3.28. The minimum Gasteiger partial charge on any atom is -0.508 e. The minimum atomic E-state index is -0.720. The Hall–Kier alpha value is -2.36. The molecule has 2 aromatic carbocycles. The van der Waals surface area contributed by atoms with Crippen LogP contribution >= 0.6 is 0 Å². The third kappa shape index (κ3) is 4.31. The van der Waals surface area contributed by atoms with Crippen LogP contribution in [0.15, 0.2) is 48.5 Å². The normalized spacial score (nSPS) is 11.9. The maximum Gasteiger partial charge on any atom is 0.254 e. The number of carbonyl (C=O) groups excluding carboxylic acids is 1. The topological polar surface area (TPSA) is 49.3 Å². The van der Waals surface area contributed by atoms with Crippen molar-refractivity contribution >= 4 is 5.91 Å². The van der Waals surface area contributed by atoms with Gasteiger partial charge in [0.2, 0.25) is 0 Å². The summed E-state index contributed by atoms with van der Waals surface area (Å²) in [7, 11) is 0. The van der Waals surface area contributed by atoms with Gasteiger partial charge in [-0.3, -0.25) is 4.79 Å². The summed E-state index contributed by atoms with van der Waals surface area (Å²) < 4.78 is 13.6. The first-order valence-electron chi connectivity index (χ1n) is 6.89. The van der Waals surface area contributed by atoms with Crippen molar-refractivity contribution in [1.29, 1.82) is 0 Å². The van der Waals surface area contributed by atoms with E-state index in [1.165, 1.54) is 17.7 Å². The lowest BCUT2D eigenvalue weighted by molar-refractivity contribution is 0.0934. The lowest BCUT2D eigenvalue weighted by Gasteiger charge is -2.14. The smallest absolute Gasteiger partial charge is 0.254 e. The van der Waals surface area contributed by atoms with Gasteiger partial charge in [0.05, 0.1) is 5.56 Å². The van der Waals surface area contributed by atoms with Crippen LogP contribution in [0, 0.1) is 5.82 Å². The largest absolute Gasteiger partial charge is 0.508 e. The van der Waals surface area contributed by atoms with Crippen molar-refractivity contribution in [1.82, 2.24) is 5.32 Å². The fourth-order valence-corrected chi connectivity index (χ4v) is 2.09. The molecule has 0 aliphatic rings. The molecule has 2 aromatic rings. The average Bonchev–Trinajstić information content (AvgIpc) is 2.46. The van der Waals surface area contributed by atoms with Gasteiger partial charge in [-0.25, -0.2) is 4.39 Å². The Morgan fingerprint density at radius 1 is 1.24 bits per heavy atom. The van der Waals surface area contributed by atoms with Crippen LogP contribution in [0.4, 0.5) is 4.39 Å². The first-order valence-corrected chi connectivity index (χ1v) is 6.89. The van der Waals surface area contributed by atoms with Crippen LogP contribution in [0.25, 0.3) is 0 Å². The molecule has 0 saturated heterocycles. The van der Waals surface area contributed by atoms with E-state index in [0.29, 0.717) is 0 Å². The van der Waals surface area contributed by atoms with Gasteiger partial charge in [0, 0.05) is 12.1 Å². The van der Waals surface area contributed by atoms with E-state index >= 15 is 0 Å². The Kier molecular flexibility index (Phi) is 4.93. The number of halogens is 1. The Bertz CT molecular complexity index is 613. The Balaban J connectivity index is 1.90. The van der Waals surface area contributed by atoms with Crippen molar-refractivity contribution in [3.05, 3.63) is 65.5 Å². The number of phenols is 1. The zero-order valence-corrected chi connectivity index (χ0v) is 11.8. The predicted molar refractivity (Wildman–Crippen MR) is 79.8 cm³/mol. The summed E-state index contributed by atoms with van der Waals surface area (Å²) in [6.45, 7) is 1.89. The molecule has 110 valence electrons. The number of hydrogen-bond acceptors (Lipinski definition) is 2. The predicted octanol–water partition coefficient (Wildman–Crippen LogP) is 3.28. The maximum absolute atomic E-state index is 13.6. The van der Waals surface area contributed by atoms with E-state index in [9.17, 15) is 9.18 Å². The van der Waals surface area contributed by atoms with Crippen molar-refractivity contribution in [2.24, 2.45) is 0 Å². The highest BCUT2D eigenvalue weighted by molar-refractivity contribution is 5.94. The van der Waals surface area contributed by atoms with Crippen molar-refractivity contribution in [3.8, 4) is 5.75 Å². The number of rotatable bonds is 5. The van der Waals surface area contributed by atoms with E-state index in [0.717, 1.165) is 18.9 Å². The number of hydrogen-bond donors (Lipinski definition) is 2. The number of amides is 1. The highest BCUT2D eigenvalue weighted by atomic mass is 19.1. The molecule has 2 N–H and O–H groups in total. The molecule has 1 atom stereocenters. The van der Waals surface area contributed by atoms with E-state index in [-0.39, 0.29) is 17.4 Å². The highest BCUT2D eigenvalue weighted by Crippen LogP contribution is 2.15. The second kappa shape index (κ2) is 6.88. The molecule has 0 fully saturated rings. The average molecular weight is 287 g/mol. The molecule has 0 bridgehead atoms. The van der Waals surface area contributed by atoms with Crippen LogP contribution in [-0.4, -0.2) is 17.1 Å². The lowest BCUT2D eigenvalue weighted by atomic mass is 10.1. The summed E-state index contributed by atoms with van der Waals surface area (Å²) in [5, 5.41) is 11.9. The van der Waals surface area contributed by atoms with Gasteiger partial charge in [-0.05, 0) is 37.5 Å². The molecule has 0 aliphatic heterocycles. The molecule has 0 saturated carbocycles. The summed E-state index contributed by atoms with van der Waals surface area (Å²) in [6.07, 6.45) is 1.62. The van der Waals surface area contributed by atoms with Gasteiger partial charge in [-0.1, -0.05) is 30.3 Å². The third-order valence-electron chi connectivity index (χ3n) is 3.28. The summed E-state index contributed by atoms with van der Waals surface area (Å²) in [4.78, 5) is 12.0. The monoisotopic (exact) mass is 287 g/mol. The SMILES string of the molecule is CC(CCc1ccccc1)NC(=O)c1ccc(O)cc1F. The first-order chi connectivity index (χ1) is 10.1. The Labute approximate surface area is 123 Å². The van der Waals surface area contributed by atoms with Crippen LogP contribution in [0.5, 0.6) is 5.75 Å². The highest BCUT2D eigenvalue weighted by Gasteiger charge is 2.14. The molecule has 21 heavy (non-hydrogen) atoms. The van der Waals surface area contributed by atoms with E-state index < -0.39 is 11.7 Å². The van der Waals surface area contributed by atoms with Gasteiger partial charge in [0.15, 0.2) is 0 Å². The molecule has 3 nitrogen and oxygen atoms in total. The molecule has 0 heterocycles. The van der Waals surface area contributed by atoms with Crippen molar-refractivity contribution in [2.45, 2.75) is 25.8 Å².